The SMILES string of the molecule is COC1CCN(C(C)C(=O)N2CCC(C)CC2)CC1. The fourth-order valence-corrected chi connectivity index (χ4v) is 3.15. The van der Waals surface area contributed by atoms with Crippen molar-refractivity contribution in [1.82, 2.24) is 9.80 Å². The third-order valence-corrected chi connectivity index (χ3v) is 4.81. The summed E-state index contributed by atoms with van der Waals surface area (Å²) in [6.07, 6.45) is 4.79. The summed E-state index contributed by atoms with van der Waals surface area (Å²) in [5.74, 6) is 1.10. The van der Waals surface area contributed by atoms with E-state index >= 15 is 0 Å². The Kier molecular flexibility index (Phi) is 5.22. The molecule has 2 saturated heterocycles. The standard InChI is InChI=1S/C15H28N2O2/c1-12-4-8-17(9-5-12)15(18)13(2)16-10-6-14(19-3)7-11-16/h12-14H,4-11H2,1-3H3. The molecule has 0 aromatic rings. The van der Waals surface area contributed by atoms with E-state index in [1.54, 1.807) is 7.11 Å². The molecule has 4 heteroatoms. The largest absolute Gasteiger partial charge is 0.381 e. The van der Waals surface area contributed by atoms with Crippen LogP contribution in [0, 0.1) is 5.92 Å². The van der Waals surface area contributed by atoms with Crippen LogP contribution in [0.25, 0.3) is 0 Å². The highest BCUT2D eigenvalue weighted by Gasteiger charge is 2.30. The van der Waals surface area contributed by atoms with Crippen LogP contribution in [-0.4, -0.2) is 61.1 Å². The van der Waals surface area contributed by atoms with E-state index in [1.165, 1.54) is 0 Å². The van der Waals surface area contributed by atoms with Gasteiger partial charge in [-0.3, -0.25) is 9.69 Å². The normalized spacial score (nSPS) is 25.5. The summed E-state index contributed by atoms with van der Waals surface area (Å²) in [6.45, 7) is 8.19. The molecule has 1 unspecified atom stereocenters. The monoisotopic (exact) mass is 268 g/mol. The second-order valence-corrected chi connectivity index (χ2v) is 6.15. The smallest absolute Gasteiger partial charge is 0.239 e. The zero-order valence-corrected chi connectivity index (χ0v) is 12.6. The van der Waals surface area contributed by atoms with Crippen molar-refractivity contribution in [2.24, 2.45) is 5.92 Å². The minimum absolute atomic E-state index is 0.0335. The van der Waals surface area contributed by atoms with Crippen LogP contribution >= 0.6 is 0 Å². The lowest BCUT2D eigenvalue weighted by Crippen LogP contribution is -2.51. The number of hydrogen-bond donors (Lipinski definition) is 0. The maximum atomic E-state index is 12.5. The first-order valence-electron chi connectivity index (χ1n) is 7.67. The average Bonchev–Trinajstić information content (AvgIpc) is 2.46. The molecule has 110 valence electrons. The molecule has 1 atom stereocenters. The predicted molar refractivity (Wildman–Crippen MR) is 76.0 cm³/mol. The Hall–Kier alpha value is -0.610. The molecule has 0 aromatic heterocycles. The summed E-state index contributed by atoms with van der Waals surface area (Å²) in [6, 6.07) is 0.0335. The van der Waals surface area contributed by atoms with Crippen molar-refractivity contribution in [1.29, 1.82) is 0 Å². The highest BCUT2D eigenvalue weighted by Crippen LogP contribution is 2.20. The van der Waals surface area contributed by atoms with Crippen molar-refractivity contribution >= 4 is 5.91 Å². The third-order valence-electron chi connectivity index (χ3n) is 4.81. The Morgan fingerprint density at radius 2 is 1.68 bits per heavy atom. The number of hydrogen-bond acceptors (Lipinski definition) is 3. The van der Waals surface area contributed by atoms with Gasteiger partial charge in [0.25, 0.3) is 0 Å². The van der Waals surface area contributed by atoms with Crippen LogP contribution in [0.5, 0.6) is 0 Å². The van der Waals surface area contributed by atoms with Gasteiger partial charge in [0.05, 0.1) is 12.1 Å². The number of piperidine rings is 2. The first-order chi connectivity index (χ1) is 9.11. The molecule has 0 spiro atoms. The van der Waals surface area contributed by atoms with E-state index in [9.17, 15) is 4.79 Å². The van der Waals surface area contributed by atoms with Gasteiger partial charge in [-0.15, -0.1) is 0 Å². The van der Waals surface area contributed by atoms with Crippen molar-refractivity contribution in [3.05, 3.63) is 0 Å². The third kappa shape index (κ3) is 3.69. The van der Waals surface area contributed by atoms with E-state index in [0.717, 1.165) is 57.8 Å². The molecule has 2 fully saturated rings. The Morgan fingerprint density at radius 1 is 1.11 bits per heavy atom. The predicted octanol–water partition coefficient (Wildman–Crippen LogP) is 1.74. The second-order valence-electron chi connectivity index (χ2n) is 6.15. The van der Waals surface area contributed by atoms with E-state index in [2.05, 4.69) is 23.6 Å². The topological polar surface area (TPSA) is 32.8 Å². The van der Waals surface area contributed by atoms with E-state index in [1.807, 2.05) is 0 Å². The molecule has 1 amide bonds. The average molecular weight is 268 g/mol. The van der Waals surface area contributed by atoms with Gasteiger partial charge in [-0.25, -0.2) is 0 Å². The van der Waals surface area contributed by atoms with Gasteiger partial charge >= 0.3 is 0 Å². The number of methoxy groups -OCH3 is 1. The summed E-state index contributed by atoms with van der Waals surface area (Å²) in [5.41, 5.74) is 0. The molecule has 2 heterocycles. The highest BCUT2D eigenvalue weighted by molar-refractivity contribution is 5.81. The van der Waals surface area contributed by atoms with Gasteiger partial charge < -0.3 is 9.64 Å². The highest BCUT2D eigenvalue weighted by atomic mass is 16.5. The first-order valence-corrected chi connectivity index (χ1v) is 7.67. The molecule has 0 aromatic carbocycles. The summed E-state index contributed by atoms with van der Waals surface area (Å²) in [4.78, 5) is 16.9. The number of nitrogens with zero attached hydrogens (tertiary/aromatic N) is 2. The molecule has 0 N–H and O–H groups in total. The number of likely N-dealkylation sites (tertiary alicyclic amines) is 2. The van der Waals surface area contributed by atoms with Gasteiger partial charge in [-0.2, -0.15) is 0 Å². The van der Waals surface area contributed by atoms with E-state index in [4.69, 9.17) is 4.74 Å². The minimum Gasteiger partial charge on any atom is -0.381 e. The lowest BCUT2D eigenvalue weighted by Gasteiger charge is -2.38. The number of amides is 1. The van der Waals surface area contributed by atoms with Gasteiger partial charge in [-0.05, 0) is 38.5 Å². The molecule has 2 rings (SSSR count). The van der Waals surface area contributed by atoms with Crippen molar-refractivity contribution in [3.63, 3.8) is 0 Å². The molecule has 19 heavy (non-hydrogen) atoms. The maximum Gasteiger partial charge on any atom is 0.239 e. The Labute approximate surface area is 117 Å². The van der Waals surface area contributed by atoms with Crippen molar-refractivity contribution in [3.8, 4) is 0 Å². The lowest BCUT2D eigenvalue weighted by atomic mass is 9.98. The minimum atomic E-state index is 0.0335. The lowest BCUT2D eigenvalue weighted by molar-refractivity contribution is -0.138. The fraction of sp³-hybridized carbons (Fsp3) is 0.933. The molecule has 0 bridgehead atoms. The molecular weight excluding hydrogens is 240 g/mol. The van der Waals surface area contributed by atoms with Crippen molar-refractivity contribution in [2.75, 3.05) is 33.3 Å². The fourth-order valence-electron chi connectivity index (χ4n) is 3.15. The van der Waals surface area contributed by atoms with E-state index < -0.39 is 0 Å². The number of rotatable bonds is 3. The number of carbonyl (C=O) groups excluding carboxylic acids is 1. The van der Waals surface area contributed by atoms with Gasteiger partial charge in [0.15, 0.2) is 0 Å². The van der Waals surface area contributed by atoms with Crippen LogP contribution < -0.4 is 0 Å². The molecule has 2 aliphatic rings. The van der Waals surface area contributed by atoms with Crippen molar-refractivity contribution in [2.45, 2.75) is 51.7 Å². The van der Waals surface area contributed by atoms with Crippen LogP contribution in [-0.2, 0) is 9.53 Å². The van der Waals surface area contributed by atoms with Gasteiger partial charge in [0, 0.05) is 33.3 Å². The Morgan fingerprint density at radius 3 is 2.21 bits per heavy atom. The van der Waals surface area contributed by atoms with Crippen LogP contribution in [0.2, 0.25) is 0 Å². The zero-order chi connectivity index (χ0) is 13.8. The summed E-state index contributed by atoms with van der Waals surface area (Å²) >= 11 is 0. The van der Waals surface area contributed by atoms with Crippen LogP contribution in [0.4, 0.5) is 0 Å². The van der Waals surface area contributed by atoms with Crippen LogP contribution in [0.1, 0.15) is 39.5 Å². The van der Waals surface area contributed by atoms with E-state index in [-0.39, 0.29) is 6.04 Å². The zero-order valence-electron chi connectivity index (χ0n) is 12.6. The maximum absolute atomic E-state index is 12.5. The number of ether oxygens (including phenoxy) is 1. The second kappa shape index (κ2) is 6.71. The molecule has 2 aliphatic heterocycles. The Bertz CT molecular complexity index is 293. The number of carbonyl (C=O) groups is 1. The molecule has 0 radical (unpaired) electrons. The van der Waals surface area contributed by atoms with Crippen molar-refractivity contribution < 1.29 is 9.53 Å². The summed E-state index contributed by atoms with van der Waals surface area (Å²) in [7, 11) is 1.78. The van der Waals surface area contributed by atoms with E-state index in [0.29, 0.717) is 12.0 Å². The van der Waals surface area contributed by atoms with Gasteiger partial charge in [0.1, 0.15) is 0 Å². The molecular formula is C15H28N2O2. The molecule has 4 nitrogen and oxygen atoms in total. The summed E-state index contributed by atoms with van der Waals surface area (Å²) < 4.78 is 5.39. The van der Waals surface area contributed by atoms with Gasteiger partial charge in [-0.1, -0.05) is 6.92 Å². The van der Waals surface area contributed by atoms with Gasteiger partial charge in [0.2, 0.25) is 5.91 Å². The Balaban J connectivity index is 1.82. The first kappa shape index (κ1) is 14.8. The molecule has 0 aliphatic carbocycles. The van der Waals surface area contributed by atoms with Crippen LogP contribution in [0.3, 0.4) is 0 Å². The van der Waals surface area contributed by atoms with Crippen LogP contribution in [0.15, 0.2) is 0 Å². The quantitative estimate of drug-likeness (QED) is 0.781. The molecule has 0 saturated carbocycles. The summed E-state index contributed by atoms with van der Waals surface area (Å²) in [5, 5.41) is 0.